The van der Waals surface area contributed by atoms with Crippen molar-refractivity contribution in [3.63, 3.8) is 0 Å². The Morgan fingerprint density at radius 2 is 2.19 bits per heavy atom. The van der Waals surface area contributed by atoms with E-state index in [1.165, 1.54) is 17.0 Å². The van der Waals surface area contributed by atoms with Crippen molar-refractivity contribution in [3.8, 4) is 0 Å². The van der Waals surface area contributed by atoms with Crippen molar-refractivity contribution >= 4 is 11.8 Å². The first-order valence-electron chi connectivity index (χ1n) is 9.26. The SMILES string of the molecule is O=C(CN1CCCc2nc(C3CC3)ncc2C1=O)NCc1cccc(F)c1. The molecule has 1 saturated carbocycles. The van der Waals surface area contributed by atoms with Crippen molar-refractivity contribution in [3.05, 3.63) is 58.9 Å². The smallest absolute Gasteiger partial charge is 0.257 e. The molecule has 0 saturated heterocycles. The minimum absolute atomic E-state index is 0.0298. The second kappa shape index (κ2) is 7.42. The zero-order valence-corrected chi connectivity index (χ0v) is 14.9. The molecule has 6 nitrogen and oxygen atoms in total. The number of nitrogens with zero attached hydrogens (tertiary/aromatic N) is 3. The van der Waals surface area contributed by atoms with E-state index in [1.54, 1.807) is 18.3 Å². The fourth-order valence-electron chi connectivity index (χ4n) is 3.28. The third kappa shape index (κ3) is 4.13. The summed E-state index contributed by atoms with van der Waals surface area (Å²) >= 11 is 0. The predicted octanol–water partition coefficient (Wildman–Crippen LogP) is 2.20. The molecule has 1 aromatic heterocycles. The first-order valence-corrected chi connectivity index (χ1v) is 9.26. The molecule has 0 spiro atoms. The molecular weight excluding hydrogens is 347 g/mol. The molecule has 140 valence electrons. The molecule has 27 heavy (non-hydrogen) atoms. The van der Waals surface area contributed by atoms with E-state index in [1.807, 2.05) is 0 Å². The van der Waals surface area contributed by atoms with E-state index in [-0.39, 0.29) is 30.7 Å². The van der Waals surface area contributed by atoms with Crippen LogP contribution in [0.3, 0.4) is 0 Å². The largest absolute Gasteiger partial charge is 0.350 e. The molecule has 0 unspecified atom stereocenters. The van der Waals surface area contributed by atoms with Gasteiger partial charge < -0.3 is 10.2 Å². The van der Waals surface area contributed by atoms with Crippen LogP contribution in [0.25, 0.3) is 0 Å². The van der Waals surface area contributed by atoms with Gasteiger partial charge in [-0.2, -0.15) is 0 Å². The second-order valence-electron chi connectivity index (χ2n) is 7.10. The Bertz CT molecular complexity index is 882. The number of benzene rings is 1. The average molecular weight is 368 g/mol. The number of carbonyl (C=O) groups excluding carboxylic acids is 2. The van der Waals surface area contributed by atoms with Crippen LogP contribution in [-0.4, -0.2) is 39.8 Å². The summed E-state index contributed by atoms with van der Waals surface area (Å²) in [6.07, 6.45) is 5.32. The Morgan fingerprint density at radius 1 is 1.33 bits per heavy atom. The molecule has 0 atom stereocenters. The minimum Gasteiger partial charge on any atom is -0.350 e. The molecule has 0 bridgehead atoms. The van der Waals surface area contributed by atoms with Crippen LogP contribution < -0.4 is 5.32 Å². The number of halogens is 1. The van der Waals surface area contributed by atoms with Crippen LogP contribution in [0.4, 0.5) is 4.39 Å². The number of nitrogens with one attached hydrogen (secondary N) is 1. The average Bonchev–Trinajstić information content (AvgIpc) is 3.50. The summed E-state index contributed by atoms with van der Waals surface area (Å²) in [6.45, 7) is 0.697. The standard InChI is InChI=1S/C20H21FN4O2/c21-15-4-1-3-13(9-15)10-22-18(26)12-25-8-2-5-17-16(20(25)27)11-23-19(24-17)14-6-7-14/h1,3-4,9,11,14H,2,5-8,10,12H2,(H,22,26). The van der Waals surface area contributed by atoms with Gasteiger partial charge in [-0.25, -0.2) is 14.4 Å². The molecule has 4 rings (SSSR count). The van der Waals surface area contributed by atoms with E-state index in [9.17, 15) is 14.0 Å². The van der Waals surface area contributed by atoms with E-state index < -0.39 is 0 Å². The molecule has 1 aliphatic heterocycles. The first-order chi connectivity index (χ1) is 13.1. The van der Waals surface area contributed by atoms with Crippen molar-refractivity contribution in [2.75, 3.05) is 13.1 Å². The van der Waals surface area contributed by atoms with E-state index in [0.29, 0.717) is 30.0 Å². The number of carbonyl (C=O) groups is 2. The topological polar surface area (TPSA) is 75.2 Å². The zero-order chi connectivity index (χ0) is 18.8. The minimum atomic E-state index is -0.341. The summed E-state index contributed by atoms with van der Waals surface area (Å²) in [4.78, 5) is 35.5. The maximum atomic E-state index is 13.2. The van der Waals surface area contributed by atoms with E-state index in [4.69, 9.17) is 0 Å². The Balaban J connectivity index is 1.39. The van der Waals surface area contributed by atoms with Crippen LogP contribution in [0.2, 0.25) is 0 Å². The van der Waals surface area contributed by atoms with Crippen LogP contribution in [0.15, 0.2) is 30.5 Å². The highest BCUT2D eigenvalue weighted by molar-refractivity contribution is 5.97. The Labute approximate surface area is 156 Å². The van der Waals surface area contributed by atoms with Gasteiger partial charge in [-0.3, -0.25) is 9.59 Å². The molecule has 2 amide bonds. The van der Waals surface area contributed by atoms with Crippen molar-refractivity contribution in [2.45, 2.75) is 38.1 Å². The summed E-state index contributed by atoms with van der Waals surface area (Å²) in [7, 11) is 0. The number of aromatic nitrogens is 2. The number of hydrogen-bond donors (Lipinski definition) is 1. The number of amides is 2. The summed E-state index contributed by atoms with van der Waals surface area (Å²) in [5.74, 6) is 0.463. The number of aryl methyl sites for hydroxylation is 1. The molecule has 2 heterocycles. The Morgan fingerprint density at radius 3 is 2.96 bits per heavy atom. The monoisotopic (exact) mass is 368 g/mol. The van der Waals surface area contributed by atoms with Crippen molar-refractivity contribution in [1.82, 2.24) is 20.2 Å². The first kappa shape index (κ1) is 17.6. The zero-order valence-electron chi connectivity index (χ0n) is 14.9. The number of fused-ring (bicyclic) bond motifs is 1. The summed E-state index contributed by atoms with van der Waals surface area (Å²) in [5.41, 5.74) is 1.96. The van der Waals surface area contributed by atoms with Crippen molar-refractivity contribution < 1.29 is 14.0 Å². The van der Waals surface area contributed by atoms with E-state index >= 15 is 0 Å². The lowest BCUT2D eigenvalue weighted by molar-refractivity contribution is -0.122. The lowest BCUT2D eigenvalue weighted by atomic mass is 10.1. The molecule has 1 fully saturated rings. The number of rotatable bonds is 5. The summed E-state index contributed by atoms with van der Waals surface area (Å²) in [5, 5.41) is 2.74. The normalized spacial score (nSPS) is 16.6. The maximum absolute atomic E-state index is 13.2. The summed E-state index contributed by atoms with van der Waals surface area (Å²) < 4.78 is 13.2. The fourth-order valence-corrected chi connectivity index (χ4v) is 3.28. The van der Waals surface area contributed by atoms with Gasteiger partial charge >= 0.3 is 0 Å². The van der Waals surface area contributed by atoms with Crippen LogP contribution in [0.1, 0.15) is 52.6 Å². The number of hydrogen-bond acceptors (Lipinski definition) is 4. The van der Waals surface area contributed by atoms with Crippen LogP contribution >= 0.6 is 0 Å². The van der Waals surface area contributed by atoms with E-state index in [2.05, 4.69) is 15.3 Å². The molecule has 2 aromatic rings. The van der Waals surface area contributed by atoms with Gasteiger partial charge in [0.2, 0.25) is 5.91 Å². The van der Waals surface area contributed by atoms with Crippen molar-refractivity contribution in [2.24, 2.45) is 0 Å². The molecule has 2 aliphatic rings. The van der Waals surface area contributed by atoms with Gasteiger partial charge in [0.15, 0.2) is 0 Å². The Kier molecular flexibility index (Phi) is 4.83. The highest BCUT2D eigenvalue weighted by Crippen LogP contribution is 2.38. The fraction of sp³-hybridized carbons (Fsp3) is 0.400. The second-order valence-corrected chi connectivity index (χ2v) is 7.10. The quantitative estimate of drug-likeness (QED) is 0.878. The Hall–Kier alpha value is -2.83. The van der Waals surface area contributed by atoms with Gasteiger partial charge in [0, 0.05) is 25.2 Å². The van der Waals surface area contributed by atoms with Crippen LogP contribution in [0.5, 0.6) is 0 Å². The van der Waals surface area contributed by atoms with Crippen LogP contribution in [-0.2, 0) is 17.8 Å². The maximum Gasteiger partial charge on any atom is 0.257 e. The van der Waals surface area contributed by atoms with Gasteiger partial charge in [-0.15, -0.1) is 0 Å². The summed E-state index contributed by atoms with van der Waals surface area (Å²) in [6, 6.07) is 6.07. The van der Waals surface area contributed by atoms with Crippen LogP contribution in [0, 0.1) is 5.82 Å². The lowest BCUT2D eigenvalue weighted by Crippen LogP contribution is -2.40. The van der Waals surface area contributed by atoms with Gasteiger partial charge in [-0.05, 0) is 43.4 Å². The molecule has 1 aliphatic carbocycles. The van der Waals surface area contributed by atoms with Gasteiger partial charge in [-0.1, -0.05) is 12.1 Å². The molecule has 0 radical (unpaired) electrons. The van der Waals surface area contributed by atoms with Gasteiger partial charge in [0.25, 0.3) is 5.91 Å². The predicted molar refractivity (Wildman–Crippen MR) is 96.5 cm³/mol. The highest BCUT2D eigenvalue weighted by atomic mass is 19.1. The third-order valence-electron chi connectivity index (χ3n) is 4.90. The molecule has 7 heteroatoms. The van der Waals surface area contributed by atoms with Gasteiger partial charge in [0.05, 0.1) is 17.8 Å². The van der Waals surface area contributed by atoms with Crippen molar-refractivity contribution in [1.29, 1.82) is 0 Å². The molecule has 1 N–H and O–H groups in total. The van der Waals surface area contributed by atoms with E-state index in [0.717, 1.165) is 30.8 Å². The highest BCUT2D eigenvalue weighted by Gasteiger charge is 2.30. The third-order valence-corrected chi connectivity index (χ3v) is 4.90. The van der Waals surface area contributed by atoms with Gasteiger partial charge in [0.1, 0.15) is 11.6 Å². The lowest BCUT2D eigenvalue weighted by Gasteiger charge is -2.20. The molecular formula is C20H21FN4O2. The molecule has 1 aromatic carbocycles.